The molecule has 0 unspecified atom stereocenters. The van der Waals surface area contributed by atoms with Crippen molar-refractivity contribution in [2.75, 3.05) is 28.6 Å². The molecule has 2 N–H and O–H groups in total. The first kappa shape index (κ1) is 21.2. The number of benzene rings is 1. The Morgan fingerprint density at radius 2 is 1.97 bits per heavy atom. The Morgan fingerprint density at radius 1 is 1.18 bits per heavy atom. The van der Waals surface area contributed by atoms with Crippen LogP contribution in [0.1, 0.15) is 43.7 Å². The topological polar surface area (TPSA) is 97.3 Å². The minimum Gasteiger partial charge on any atom is -0.368 e. The molecule has 33 heavy (non-hydrogen) atoms. The zero-order valence-corrected chi connectivity index (χ0v) is 18.8. The number of para-hydroxylation sites is 1. The van der Waals surface area contributed by atoms with E-state index in [1.165, 1.54) is 12.5 Å². The van der Waals surface area contributed by atoms with Crippen molar-refractivity contribution in [2.45, 2.75) is 45.1 Å². The Morgan fingerprint density at radius 3 is 2.73 bits per heavy atom. The van der Waals surface area contributed by atoms with Crippen LogP contribution in [0.4, 0.5) is 23.0 Å². The van der Waals surface area contributed by atoms with Gasteiger partial charge in [0.15, 0.2) is 0 Å². The van der Waals surface area contributed by atoms with E-state index in [4.69, 9.17) is 5.73 Å². The molecule has 170 valence electrons. The number of nitrogens with zero attached hydrogens (tertiary/aromatic N) is 5. The van der Waals surface area contributed by atoms with E-state index in [1.54, 1.807) is 11.1 Å². The van der Waals surface area contributed by atoms with Gasteiger partial charge in [0.1, 0.15) is 11.3 Å². The van der Waals surface area contributed by atoms with Crippen molar-refractivity contribution >= 4 is 40.0 Å². The van der Waals surface area contributed by atoms with Crippen LogP contribution in [0.2, 0.25) is 0 Å². The molecule has 0 spiro atoms. The third-order valence-electron chi connectivity index (χ3n) is 6.77. The second kappa shape index (κ2) is 8.35. The number of hydrogen-bond donors (Lipinski definition) is 1. The summed E-state index contributed by atoms with van der Waals surface area (Å²) in [5.41, 5.74) is 9.59. The lowest BCUT2D eigenvalue weighted by molar-refractivity contribution is -0.114. The number of carbonyl (C=O) groups excluding carboxylic acids is 1. The van der Waals surface area contributed by atoms with Gasteiger partial charge < -0.3 is 15.5 Å². The number of aryl methyl sites for hydroxylation is 1. The van der Waals surface area contributed by atoms with Gasteiger partial charge in [-0.05, 0) is 43.5 Å². The predicted octanol–water partition coefficient (Wildman–Crippen LogP) is 3.86. The minimum atomic E-state index is -0.146. The Kier molecular flexibility index (Phi) is 5.36. The first-order valence-electron chi connectivity index (χ1n) is 11.5. The van der Waals surface area contributed by atoms with Crippen LogP contribution in [0.3, 0.4) is 0 Å². The fourth-order valence-electron chi connectivity index (χ4n) is 5.22. The van der Waals surface area contributed by atoms with E-state index in [-0.39, 0.29) is 23.5 Å². The molecule has 1 aliphatic carbocycles. The van der Waals surface area contributed by atoms with E-state index in [2.05, 4.69) is 16.5 Å². The third kappa shape index (κ3) is 3.55. The summed E-state index contributed by atoms with van der Waals surface area (Å²) in [6.07, 6.45) is 8.28. The van der Waals surface area contributed by atoms with Crippen LogP contribution in [0.25, 0.3) is 11.0 Å². The highest BCUT2D eigenvalue weighted by Crippen LogP contribution is 2.40. The van der Waals surface area contributed by atoms with Crippen molar-refractivity contribution < 1.29 is 4.79 Å². The Labute approximate surface area is 192 Å². The second-order valence-corrected chi connectivity index (χ2v) is 8.79. The van der Waals surface area contributed by atoms with Crippen molar-refractivity contribution in [1.29, 1.82) is 0 Å². The summed E-state index contributed by atoms with van der Waals surface area (Å²) in [4.78, 5) is 38.9. The predicted molar refractivity (Wildman–Crippen MR) is 131 cm³/mol. The summed E-state index contributed by atoms with van der Waals surface area (Å²) < 4.78 is 1.83. The van der Waals surface area contributed by atoms with E-state index in [0.29, 0.717) is 24.4 Å². The number of anilines is 4. The van der Waals surface area contributed by atoms with Gasteiger partial charge in [-0.15, -0.1) is 0 Å². The molecular formula is C25H28N6O2. The van der Waals surface area contributed by atoms with Crippen LogP contribution >= 0.6 is 0 Å². The van der Waals surface area contributed by atoms with E-state index in [9.17, 15) is 9.59 Å². The van der Waals surface area contributed by atoms with Gasteiger partial charge in [-0.2, -0.15) is 4.98 Å². The Hall–Kier alpha value is -3.68. The molecule has 1 amide bonds. The lowest BCUT2D eigenvalue weighted by atomic mass is 9.95. The van der Waals surface area contributed by atoms with E-state index < -0.39 is 0 Å². The molecule has 0 saturated heterocycles. The molecule has 2 aromatic heterocycles. The molecule has 1 aromatic carbocycles. The van der Waals surface area contributed by atoms with Gasteiger partial charge in [-0.25, -0.2) is 4.98 Å². The van der Waals surface area contributed by atoms with Crippen molar-refractivity contribution in [3.8, 4) is 0 Å². The van der Waals surface area contributed by atoms with E-state index in [1.807, 2.05) is 40.7 Å². The average Bonchev–Trinajstić information content (AvgIpc) is 2.83. The summed E-state index contributed by atoms with van der Waals surface area (Å²) in [7, 11) is 0. The maximum absolute atomic E-state index is 14.0. The summed E-state index contributed by atoms with van der Waals surface area (Å²) >= 11 is 0. The number of carbonyl (C=O) groups is 1. The molecule has 2 aliphatic rings. The Bertz CT molecular complexity index is 1310. The summed E-state index contributed by atoms with van der Waals surface area (Å²) in [6.45, 7) is 6.58. The van der Waals surface area contributed by atoms with Crippen LogP contribution in [-0.2, 0) is 4.79 Å². The first-order valence-corrected chi connectivity index (χ1v) is 11.5. The molecule has 0 atom stereocenters. The van der Waals surface area contributed by atoms with Gasteiger partial charge >= 0.3 is 0 Å². The zero-order chi connectivity index (χ0) is 23.1. The molecule has 3 aromatic rings. The minimum absolute atomic E-state index is 0.0801. The largest absolute Gasteiger partial charge is 0.368 e. The van der Waals surface area contributed by atoms with Gasteiger partial charge in [0.2, 0.25) is 5.95 Å². The molecular weight excluding hydrogens is 416 g/mol. The summed E-state index contributed by atoms with van der Waals surface area (Å²) in [6, 6.07) is 7.83. The van der Waals surface area contributed by atoms with Gasteiger partial charge in [0.05, 0.1) is 11.4 Å². The number of hydrogen-bond acceptors (Lipinski definition) is 6. The molecule has 1 fully saturated rings. The maximum Gasteiger partial charge on any atom is 0.276 e. The third-order valence-corrected chi connectivity index (χ3v) is 6.77. The highest BCUT2D eigenvalue weighted by Gasteiger charge is 2.31. The molecule has 5 rings (SSSR count). The first-order chi connectivity index (χ1) is 16.0. The van der Waals surface area contributed by atoms with Gasteiger partial charge in [0, 0.05) is 30.7 Å². The van der Waals surface area contributed by atoms with Crippen LogP contribution in [0.5, 0.6) is 0 Å². The number of nitrogens with two attached hydrogens (primary N) is 1. The van der Waals surface area contributed by atoms with Gasteiger partial charge in [-0.1, -0.05) is 38.0 Å². The van der Waals surface area contributed by atoms with Crippen molar-refractivity contribution in [3.63, 3.8) is 0 Å². The SMILES string of the molecule is C=CC(=O)N1CCN(c2cc3cnc(N)nc3n(C3CCCCC3)c2=O)c2cccc(C)c21. The highest BCUT2D eigenvalue weighted by atomic mass is 16.2. The molecule has 8 nitrogen and oxygen atoms in total. The Balaban J connectivity index is 1.72. The summed E-state index contributed by atoms with van der Waals surface area (Å²) in [5.74, 6) is 0.0175. The number of amides is 1. The molecule has 3 heterocycles. The zero-order valence-electron chi connectivity index (χ0n) is 18.8. The van der Waals surface area contributed by atoms with Crippen LogP contribution < -0.4 is 21.1 Å². The quantitative estimate of drug-likeness (QED) is 0.616. The normalized spacial score (nSPS) is 16.6. The average molecular weight is 445 g/mol. The van der Waals surface area contributed by atoms with Crippen LogP contribution in [0.15, 0.2) is 47.9 Å². The molecule has 0 bridgehead atoms. The molecule has 8 heteroatoms. The lowest BCUT2D eigenvalue weighted by Crippen LogP contribution is -2.44. The number of fused-ring (bicyclic) bond motifs is 2. The number of aromatic nitrogens is 3. The van der Waals surface area contributed by atoms with Crippen LogP contribution in [-0.4, -0.2) is 33.5 Å². The van der Waals surface area contributed by atoms with Gasteiger partial charge in [-0.3, -0.25) is 14.2 Å². The number of rotatable bonds is 3. The lowest BCUT2D eigenvalue weighted by Gasteiger charge is -2.38. The second-order valence-electron chi connectivity index (χ2n) is 8.79. The van der Waals surface area contributed by atoms with Crippen molar-refractivity contribution in [3.05, 3.63) is 59.0 Å². The van der Waals surface area contributed by atoms with E-state index >= 15 is 0 Å². The smallest absolute Gasteiger partial charge is 0.276 e. The number of nitrogen functional groups attached to an aromatic ring is 1. The van der Waals surface area contributed by atoms with Crippen LogP contribution in [0, 0.1) is 6.92 Å². The van der Waals surface area contributed by atoms with Crippen molar-refractivity contribution in [1.82, 2.24) is 14.5 Å². The maximum atomic E-state index is 14.0. The van der Waals surface area contributed by atoms with Gasteiger partial charge in [0.25, 0.3) is 11.5 Å². The molecule has 1 saturated carbocycles. The fraction of sp³-hybridized carbons (Fsp3) is 0.360. The fourth-order valence-corrected chi connectivity index (χ4v) is 5.22. The highest BCUT2D eigenvalue weighted by molar-refractivity contribution is 6.05. The summed E-state index contributed by atoms with van der Waals surface area (Å²) in [5, 5.41) is 0.781. The standard InChI is InChI=1S/C25H28N6O2/c1-3-21(32)30-13-12-29(19-11-7-8-16(2)22(19)30)20-14-17-15-27-25(26)28-23(17)31(24(20)33)18-9-5-4-6-10-18/h3,7-8,11,14-15,18H,1,4-6,9-10,12-13H2,2H3,(H2,26,27,28). The molecule has 1 aliphatic heterocycles. The number of pyridine rings is 1. The van der Waals surface area contributed by atoms with Crippen molar-refractivity contribution in [2.24, 2.45) is 0 Å². The molecule has 0 radical (unpaired) electrons. The van der Waals surface area contributed by atoms with E-state index in [0.717, 1.165) is 48.0 Å². The monoisotopic (exact) mass is 444 g/mol.